The first-order chi connectivity index (χ1) is 20.6. The zero-order valence-corrected chi connectivity index (χ0v) is 23.1. The average Bonchev–Trinajstić information content (AvgIpc) is 3.31. The van der Waals surface area contributed by atoms with Gasteiger partial charge < -0.3 is 4.57 Å². The van der Waals surface area contributed by atoms with E-state index in [0.717, 1.165) is 39.6 Å². The van der Waals surface area contributed by atoms with E-state index in [4.69, 9.17) is 11.6 Å². The highest BCUT2D eigenvalue weighted by Crippen LogP contribution is 2.60. The molecule has 0 spiro atoms. The zero-order chi connectivity index (χ0) is 29.8. The largest absolute Gasteiger partial charge is 0.436 e. The molecule has 8 nitrogen and oxygen atoms in total. The van der Waals surface area contributed by atoms with Crippen LogP contribution in [0.4, 0.5) is 17.6 Å². The number of aliphatic imine (C=N–C) groups is 1. The summed E-state index contributed by atoms with van der Waals surface area (Å²) >= 11 is 6.28. The first-order valence-corrected chi connectivity index (χ1v) is 13.9. The van der Waals surface area contributed by atoms with Crippen LogP contribution in [0.3, 0.4) is 0 Å². The Morgan fingerprint density at radius 2 is 1.91 bits per heavy atom. The molecule has 1 saturated carbocycles. The number of hydrogen-bond acceptors (Lipinski definition) is 5. The van der Waals surface area contributed by atoms with Gasteiger partial charge >= 0.3 is 6.18 Å². The van der Waals surface area contributed by atoms with E-state index in [2.05, 4.69) is 25.5 Å². The van der Waals surface area contributed by atoms with E-state index < -0.39 is 17.8 Å². The van der Waals surface area contributed by atoms with Crippen LogP contribution in [0.1, 0.15) is 47.4 Å². The van der Waals surface area contributed by atoms with Gasteiger partial charge in [-0.25, -0.2) is 9.67 Å². The Bertz CT molecular complexity index is 2120. The molecule has 2 aromatic carbocycles. The number of H-pyrrole nitrogens is 1. The number of hydrogen-bond donors (Lipinski definition) is 1. The first kappa shape index (κ1) is 26.1. The fraction of sp³-hybridized carbons (Fsp3) is 0.233. The van der Waals surface area contributed by atoms with Gasteiger partial charge in [-0.1, -0.05) is 28.9 Å². The number of allylic oxidation sites excluding steroid dienone is 1. The maximum absolute atomic E-state index is 15.3. The third kappa shape index (κ3) is 4.07. The number of aryl methyl sites for hydroxylation is 1. The van der Waals surface area contributed by atoms with E-state index in [-0.39, 0.29) is 29.9 Å². The van der Waals surface area contributed by atoms with Crippen LogP contribution in [0, 0.1) is 12.8 Å². The Labute approximate surface area is 245 Å². The molecule has 0 saturated heterocycles. The van der Waals surface area contributed by atoms with Crippen molar-refractivity contribution >= 4 is 33.8 Å². The summed E-state index contributed by atoms with van der Waals surface area (Å²) in [6, 6.07) is 13.1. The van der Waals surface area contributed by atoms with Crippen molar-refractivity contribution < 1.29 is 17.6 Å². The van der Waals surface area contributed by atoms with Crippen LogP contribution in [0.25, 0.3) is 33.3 Å². The third-order valence-electron chi connectivity index (χ3n) is 8.59. The summed E-state index contributed by atoms with van der Waals surface area (Å²) in [5.41, 5.74) is 3.97. The van der Waals surface area contributed by atoms with E-state index in [0.29, 0.717) is 38.7 Å². The van der Waals surface area contributed by atoms with Crippen LogP contribution in [-0.4, -0.2) is 35.5 Å². The number of rotatable bonds is 4. The molecule has 0 amide bonds. The predicted octanol–water partition coefficient (Wildman–Crippen LogP) is 6.79. The second-order valence-electron chi connectivity index (χ2n) is 11.2. The molecule has 1 fully saturated rings. The molecule has 5 aromatic rings. The van der Waals surface area contributed by atoms with Crippen molar-refractivity contribution in [3.8, 4) is 16.8 Å². The quantitative estimate of drug-likeness (QED) is 0.180. The molecule has 2 aliphatic heterocycles. The van der Waals surface area contributed by atoms with Crippen molar-refractivity contribution in [2.75, 3.05) is 0 Å². The number of pyridine rings is 1. The van der Waals surface area contributed by atoms with Crippen LogP contribution in [0.2, 0.25) is 5.02 Å². The minimum Gasteiger partial charge on any atom is -0.303 e. The normalized spacial score (nSPS) is 21.0. The fourth-order valence-corrected chi connectivity index (χ4v) is 6.67. The van der Waals surface area contributed by atoms with E-state index in [9.17, 15) is 18.0 Å². The van der Waals surface area contributed by atoms with Crippen molar-refractivity contribution in [3.05, 3.63) is 98.7 Å². The Balaban J connectivity index is 1.14. The van der Waals surface area contributed by atoms with Gasteiger partial charge in [-0.2, -0.15) is 22.7 Å². The standard InChI is InChI=1S/C30H20ClF4N7O/c1-13-17-4-2-14(6-22(17)38-37-13)19-11-23(36-29(19)32)28-21-10-20(21)25-7-15(8-27(43)42(25)28)18-9-16(31)3-5-24(18)41-12-26(39-40-41)30(33,34)35/h2-9,12,20-21,28H,10-11H2,1H3,(H,37,38). The van der Waals surface area contributed by atoms with E-state index in [1.165, 1.54) is 18.2 Å². The lowest BCUT2D eigenvalue weighted by molar-refractivity contribution is -0.141. The molecule has 3 unspecified atom stereocenters. The van der Waals surface area contributed by atoms with Crippen LogP contribution >= 0.6 is 11.6 Å². The highest BCUT2D eigenvalue weighted by Gasteiger charge is 2.55. The summed E-state index contributed by atoms with van der Waals surface area (Å²) in [6.07, 6.45) is -2.77. The molecule has 43 heavy (non-hydrogen) atoms. The van der Waals surface area contributed by atoms with Crippen LogP contribution in [-0.2, 0) is 6.18 Å². The fourth-order valence-electron chi connectivity index (χ4n) is 6.49. The lowest BCUT2D eigenvalue weighted by atomic mass is 9.97. The lowest BCUT2D eigenvalue weighted by Crippen LogP contribution is -2.29. The number of alkyl halides is 3. The van der Waals surface area contributed by atoms with Crippen molar-refractivity contribution in [3.63, 3.8) is 0 Å². The van der Waals surface area contributed by atoms with Crippen LogP contribution in [0.5, 0.6) is 0 Å². The molecule has 3 aliphatic rings. The smallest absolute Gasteiger partial charge is 0.303 e. The molecule has 1 N–H and O–H groups in total. The van der Waals surface area contributed by atoms with E-state index in [1.54, 1.807) is 10.6 Å². The van der Waals surface area contributed by atoms with Gasteiger partial charge in [0.05, 0.1) is 23.4 Å². The number of aromatic amines is 1. The SMILES string of the molecule is Cc1[nH]nc2cc(C3=C(F)N=C(C4C5CC5c5cc(-c6cc(Cl)ccc6-n6cc(C(F)(F)F)nn6)cc(=O)n54)C3)ccc12. The topological polar surface area (TPSA) is 93.8 Å². The summed E-state index contributed by atoms with van der Waals surface area (Å²) < 4.78 is 57.6. The highest BCUT2D eigenvalue weighted by atomic mass is 35.5. The monoisotopic (exact) mass is 605 g/mol. The van der Waals surface area contributed by atoms with Gasteiger partial charge in [0.1, 0.15) is 0 Å². The van der Waals surface area contributed by atoms with Gasteiger partial charge in [0.2, 0.25) is 5.95 Å². The van der Waals surface area contributed by atoms with Gasteiger partial charge in [0, 0.05) is 57.1 Å². The third-order valence-corrected chi connectivity index (χ3v) is 8.82. The summed E-state index contributed by atoms with van der Waals surface area (Å²) in [6.45, 7) is 1.92. The second-order valence-corrected chi connectivity index (χ2v) is 11.6. The predicted molar refractivity (Wildman–Crippen MR) is 152 cm³/mol. The summed E-state index contributed by atoms with van der Waals surface area (Å²) in [5.74, 6) is -0.373. The minimum absolute atomic E-state index is 0.0849. The number of halogens is 5. The Kier molecular flexibility index (Phi) is 5.44. The summed E-state index contributed by atoms with van der Waals surface area (Å²) in [5, 5.41) is 15.5. The Hall–Kier alpha value is -4.58. The first-order valence-electron chi connectivity index (χ1n) is 13.5. The number of nitrogens with zero attached hydrogens (tertiary/aromatic N) is 6. The van der Waals surface area contributed by atoms with E-state index >= 15 is 4.39 Å². The molecule has 1 aliphatic carbocycles. The second kappa shape index (κ2) is 8.96. The summed E-state index contributed by atoms with van der Waals surface area (Å²) in [4.78, 5) is 18.0. The van der Waals surface area contributed by atoms with Crippen LogP contribution in [0.15, 0.2) is 70.5 Å². The highest BCUT2D eigenvalue weighted by molar-refractivity contribution is 6.31. The van der Waals surface area contributed by atoms with Gasteiger partial charge in [-0.05, 0) is 60.7 Å². The number of benzene rings is 2. The molecule has 13 heteroatoms. The van der Waals surface area contributed by atoms with Gasteiger partial charge in [-0.3, -0.25) is 9.89 Å². The van der Waals surface area contributed by atoms with Gasteiger partial charge in [-0.15, -0.1) is 5.10 Å². The molecule has 3 aromatic heterocycles. The molecule has 216 valence electrons. The van der Waals surface area contributed by atoms with Crippen molar-refractivity contribution in [2.24, 2.45) is 10.9 Å². The zero-order valence-electron chi connectivity index (χ0n) is 22.3. The lowest BCUT2D eigenvalue weighted by Gasteiger charge is -2.20. The van der Waals surface area contributed by atoms with Crippen molar-refractivity contribution in [1.29, 1.82) is 0 Å². The summed E-state index contributed by atoms with van der Waals surface area (Å²) in [7, 11) is 0. The molecule has 0 bridgehead atoms. The van der Waals surface area contributed by atoms with Crippen LogP contribution < -0.4 is 5.56 Å². The van der Waals surface area contributed by atoms with Crippen molar-refractivity contribution in [2.45, 2.75) is 37.9 Å². The number of nitrogens with one attached hydrogen (secondary N) is 1. The Morgan fingerprint density at radius 1 is 1.07 bits per heavy atom. The maximum atomic E-state index is 15.3. The van der Waals surface area contributed by atoms with Crippen molar-refractivity contribution in [1.82, 2.24) is 29.8 Å². The van der Waals surface area contributed by atoms with Gasteiger partial charge in [0.15, 0.2) is 5.69 Å². The molecule has 0 radical (unpaired) electrons. The average molecular weight is 606 g/mol. The number of fused-ring (bicyclic) bond motifs is 4. The maximum Gasteiger partial charge on any atom is 0.436 e. The molecule has 5 heterocycles. The van der Waals surface area contributed by atoms with E-state index in [1.807, 2.05) is 31.2 Å². The minimum atomic E-state index is -4.66. The molecule has 3 atom stereocenters. The van der Waals surface area contributed by atoms with Gasteiger partial charge in [0.25, 0.3) is 5.56 Å². The molecular formula is C30H20ClF4N7O. The molecule has 8 rings (SSSR count). The molecular weight excluding hydrogens is 586 g/mol. The number of aromatic nitrogens is 6. The Morgan fingerprint density at radius 3 is 2.70 bits per heavy atom.